The van der Waals surface area contributed by atoms with E-state index in [1.807, 2.05) is 19.2 Å². The van der Waals surface area contributed by atoms with E-state index in [0.29, 0.717) is 51.7 Å². The van der Waals surface area contributed by atoms with E-state index < -0.39 is 5.79 Å². The summed E-state index contributed by atoms with van der Waals surface area (Å²) in [5.74, 6) is 0.0523. The Kier molecular flexibility index (Phi) is 8.38. The van der Waals surface area contributed by atoms with Crippen LogP contribution in [0.2, 0.25) is 0 Å². The molecule has 3 heterocycles. The molecule has 12 heteroatoms. The van der Waals surface area contributed by atoms with Gasteiger partial charge in [0, 0.05) is 16.7 Å². The maximum absolute atomic E-state index is 14.0. The molecule has 0 amide bonds. The fraction of sp³-hybridized carbons (Fsp3) is 0.241. The van der Waals surface area contributed by atoms with Gasteiger partial charge in [0.15, 0.2) is 10.9 Å². The van der Waals surface area contributed by atoms with Crippen molar-refractivity contribution in [2.24, 2.45) is 0 Å². The van der Waals surface area contributed by atoms with Gasteiger partial charge in [0.1, 0.15) is 41.2 Å². The zero-order chi connectivity index (χ0) is 29.0. The van der Waals surface area contributed by atoms with Gasteiger partial charge in [0.2, 0.25) is 5.69 Å². The smallest absolute Gasteiger partial charge is 0.236 e. The Morgan fingerprint density at radius 2 is 2.05 bits per heavy atom. The first-order chi connectivity index (χ1) is 19.8. The molecule has 0 aliphatic carbocycles. The summed E-state index contributed by atoms with van der Waals surface area (Å²) in [7, 11) is 0. The molecule has 1 atom stereocenters. The van der Waals surface area contributed by atoms with E-state index in [-0.39, 0.29) is 29.0 Å². The maximum atomic E-state index is 14.0. The Bertz CT molecular complexity index is 1650. The van der Waals surface area contributed by atoms with E-state index in [0.717, 1.165) is 5.69 Å². The second-order valence-corrected chi connectivity index (χ2v) is 11.3. The lowest BCUT2D eigenvalue weighted by atomic mass is 10.00. The maximum Gasteiger partial charge on any atom is 0.236 e. The van der Waals surface area contributed by atoms with Crippen molar-refractivity contribution in [3.8, 4) is 22.9 Å². The van der Waals surface area contributed by atoms with Gasteiger partial charge < -0.3 is 25.3 Å². The van der Waals surface area contributed by atoms with Gasteiger partial charge in [0.25, 0.3) is 0 Å². The quantitative estimate of drug-likeness (QED) is 0.159. The van der Waals surface area contributed by atoms with Crippen LogP contribution in [0, 0.1) is 23.7 Å². The molecule has 2 aromatic heterocycles. The third-order valence-electron chi connectivity index (χ3n) is 6.06. The van der Waals surface area contributed by atoms with E-state index in [9.17, 15) is 9.65 Å². The number of nitriles is 1. The third-order valence-corrected chi connectivity index (χ3v) is 7.87. The molecule has 4 aromatic rings. The summed E-state index contributed by atoms with van der Waals surface area (Å²) in [5, 5.41) is 15.9. The first-order valence-electron chi connectivity index (χ1n) is 12.5. The lowest BCUT2D eigenvalue weighted by molar-refractivity contribution is -0.141. The van der Waals surface area contributed by atoms with Crippen LogP contribution in [0.5, 0.6) is 5.75 Å². The summed E-state index contributed by atoms with van der Waals surface area (Å²) < 4.78 is 31.2. The van der Waals surface area contributed by atoms with Gasteiger partial charge in [-0.15, -0.1) is 11.3 Å². The van der Waals surface area contributed by atoms with Gasteiger partial charge in [-0.1, -0.05) is 36.0 Å². The molecule has 41 heavy (non-hydrogen) atoms. The second kappa shape index (κ2) is 12.1. The molecule has 3 N–H and O–H groups in total. The lowest BCUT2D eigenvalue weighted by Crippen LogP contribution is -2.25. The van der Waals surface area contributed by atoms with Gasteiger partial charge in [-0.2, -0.15) is 5.26 Å². The van der Waals surface area contributed by atoms with Crippen LogP contribution in [0.1, 0.15) is 25.1 Å². The molecular weight excluding hydrogens is 563 g/mol. The summed E-state index contributed by atoms with van der Waals surface area (Å²) >= 11 is 2.63. The Balaban J connectivity index is 1.33. The Morgan fingerprint density at radius 3 is 2.73 bits per heavy atom. The van der Waals surface area contributed by atoms with Crippen molar-refractivity contribution in [1.82, 2.24) is 9.97 Å². The van der Waals surface area contributed by atoms with E-state index in [4.69, 9.17) is 26.5 Å². The van der Waals surface area contributed by atoms with Crippen LogP contribution in [0.25, 0.3) is 16.0 Å². The normalized spacial score (nSPS) is 15.7. The minimum absolute atomic E-state index is 0.0398. The summed E-state index contributed by atoms with van der Waals surface area (Å²) in [5.41, 5.74) is 8.66. The molecule has 0 saturated carbocycles. The number of thiazole rings is 1. The first-order valence-corrected chi connectivity index (χ1v) is 14.4. The van der Waals surface area contributed by atoms with Crippen LogP contribution in [0.3, 0.4) is 0 Å². The van der Waals surface area contributed by atoms with Crippen molar-refractivity contribution >= 4 is 45.4 Å². The largest absolute Gasteiger partial charge is 0.491 e. The topological polar surface area (TPSA) is 120 Å². The number of nitrogens with zero attached hydrogens (tertiary/aromatic N) is 4. The van der Waals surface area contributed by atoms with Crippen LogP contribution < -0.4 is 15.8 Å². The zero-order valence-corrected chi connectivity index (χ0v) is 23.8. The highest BCUT2D eigenvalue weighted by molar-refractivity contribution is 7.98. The van der Waals surface area contributed by atoms with Crippen molar-refractivity contribution in [3.05, 3.63) is 82.4 Å². The number of rotatable bonds is 9. The molecule has 0 unspecified atom stereocenters. The van der Waals surface area contributed by atoms with Crippen LogP contribution in [0.4, 0.5) is 26.7 Å². The average molecular weight is 589 g/mol. The zero-order valence-electron chi connectivity index (χ0n) is 22.2. The third kappa shape index (κ3) is 6.59. The highest BCUT2D eigenvalue weighted by atomic mass is 32.2. The molecule has 1 saturated heterocycles. The Labute approximate surface area is 244 Å². The van der Waals surface area contributed by atoms with Gasteiger partial charge in [-0.3, -0.25) is 0 Å². The molecule has 208 valence electrons. The number of ether oxygens (including phenoxy) is 3. The number of anilines is 3. The van der Waals surface area contributed by atoms with Gasteiger partial charge >= 0.3 is 0 Å². The highest BCUT2D eigenvalue weighted by Gasteiger charge is 2.33. The van der Waals surface area contributed by atoms with Crippen LogP contribution in [0.15, 0.2) is 58.9 Å². The number of nitrogens with one attached hydrogen (secondary N) is 1. The number of hydrogen-bond acceptors (Lipinski definition) is 10. The van der Waals surface area contributed by atoms with E-state index in [2.05, 4.69) is 26.2 Å². The highest BCUT2D eigenvalue weighted by Crippen LogP contribution is 2.42. The minimum Gasteiger partial charge on any atom is -0.491 e. The van der Waals surface area contributed by atoms with Crippen LogP contribution in [-0.2, 0) is 15.2 Å². The van der Waals surface area contributed by atoms with Gasteiger partial charge in [-0.25, -0.2) is 19.2 Å². The fourth-order valence-corrected chi connectivity index (χ4v) is 5.89. The lowest BCUT2D eigenvalue weighted by Gasteiger charge is -2.17. The van der Waals surface area contributed by atoms with Gasteiger partial charge in [0.05, 0.1) is 30.1 Å². The monoisotopic (exact) mass is 588 g/mol. The number of nitrogen functional groups attached to an aromatic ring is 1. The average Bonchev–Trinajstić information content (AvgIpc) is 3.56. The number of thioether (sulfide) groups is 1. The molecule has 0 spiro atoms. The van der Waals surface area contributed by atoms with Crippen molar-refractivity contribution in [2.45, 2.75) is 36.5 Å². The summed E-state index contributed by atoms with van der Waals surface area (Å²) in [4.78, 5) is 12.5. The summed E-state index contributed by atoms with van der Waals surface area (Å²) in [6.45, 7) is 12.2. The molecule has 5 rings (SSSR count). The van der Waals surface area contributed by atoms with Crippen LogP contribution >= 0.6 is 23.1 Å². The predicted octanol–water partition coefficient (Wildman–Crippen LogP) is 6.92. The number of benzene rings is 2. The van der Waals surface area contributed by atoms with Crippen LogP contribution in [-0.4, -0.2) is 35.1 Å². The standard InChI is InChI=1S/C29H25FN6O3S2/c1-29(2)38-14-20(39-29)13-37-19-10-8-17(9-11-19)24-21(12-31)27(36-26(32)25(24)33-3)40-15-18-16-41-28(34-18)35-23-7-5-4-6-22(23)30/h4-11,16,20H,13-15H2,1-2H3,(H2,32,36)(H,34,35)/t20-/m0/s1. The van der Waals surface area contributed by atoms with Crippen molar-refractivity contribution in [1.29, 1.82) is 5.26 Å². The molecule has 9 nitrogen and oxygen atoms in total. The molecule has 1 aliphatic rings. The number of hydrogen-bond donors (Lipinski definition) is 2. The molecule has 1 fully saturated rings. The molecule has 1 aliphatic heterocycles. The fourth-order valence-electron chi connectivity index (χ4n) is 4.18. The minimum atomic E-state index is -0.626. The first kappa shape index (κ1) is 28.3. The predicted molar refractivity (Wildman–Crippen MR) is 157 cm³/mol. The van der Waals surface area contributed by atoms with Crippen molar-refractivity contribution in [2.75, 3.05) is 24.3 Å². The number of halogens is 1. The molecule has 0 radical (unpaired) electrons. The second-order valence-electron chi connectivity index (χ2n) is 9.45. The summed E-state index contributed by atoms with van der Waals surface area (Å²) in [6, 6.07) is 15.7. The number of pyridine rings is 1. The number of nitrogens with two attached hydrogens (primary N) is 1. The molecular formula is C29H25FN6O3S2. The Morgan fingerprint density at radius 1 is 1.27 bits per heavy atom. The number of para-hydroxylation sites is 1. The SMILES string of the molecule is [C-]#[N+]c1c(N)nc(SCc2csc(Nc3ccccc3F)n2)c(C#N)c1-c1ccc(OC[C@H]2COC(C)(C)O2)cc1. The molecule has 2 aromatic carbocycles. The van der Waals surface area contributed by atoms with Crippen molar-refractivity contribution < 1.29 is 18.6 Å². The molecule has 0 bridgehead atoms. The van der Waals surface area contributed by atoms with Gasteiger partial charge in [-0.05, 0) is 43.7 Å². The number of aromatic nitrogens is 2. The van der Waals surface area contributed by atoms with E-state index >= 15 is 0 Å². The van der Waals surface area contributed by atoms with E-state index in [1.54, 1.807) is 42.5 Å². The Hall–Kier alpha value is -4.20. The van der Waals surface area contributed by atoms with Crippen molar-refractivity contribution in [3.63, 3.8) is 0 Å². The summed E-state index contributed by atoms with van der Waals surface area (Å²) in [6.07, 6.45) is -0.174. The van der Waals surface area contributed by atoms with E-state index in [1.165, 1.54) is 29.2 Å².